The number of nitrogens with zero attached hydrogens (tertiary/aromatic N) is 3. The maximum atomic E-state index is 12.7. The van der Waals surface area contributed by atoms with E-state index in [4.69, 9.17) is 34.3 Å². The van der Waals surface area contributed by atoms with Crippen LogP contribution in [0.25, 0.3) is 0 Å². The number of hydrogen-bond donors (Lipinski definition) is 3. The lowest BCUT2D eigenvalue weighted by molar-refractivity contribution is -0.188. The minimum atomic E-state index is -0.940. The van der Waals surface area contributed by atoms with Crippen molar-refractivity contribution in [2.45, 2.75) is 186 Å². The molecule has 0 aromatic heterocycles. The highest BCUT2D eigenvalue weighted by atomic mass is 33.1. The van der Waals surface area contributed by atoms with Crippen molar-refractivity contribution in [2.75, 3.05) is 39.3 Å². The van der Waals surface area contributed by atoms with Gasteiger partial charge in [0.2, 0.25) is 0 Å². The summed E-state index contributed by atoms with van der Waals surface area (Å²) in [5.74, 6) is 0.734. The number of ether oxygens (including phenoxy) is 1. The fourth-order valence-corrected chi connectivity index (χ4v) is 12.8. The number of carbonyl (C=O) groups is 2. The summed E-state index contributed by atoms with van der Waals surface area (Å²) in [6.07, 6.45) is 21.6. The number of Topliss-reactive ketones (excluding diaryl/α,β-unsaturated/α-hetero) is 1. The number of aromatic hydroxyl groups is 1. The molecule has 2 saturated carbocycles. The molecule has 3 fully saturated rings. The highest BCUT2D eigenvalue weighted by Gasteiger charge is 2.73. The summed E-state index contributed by atoms with van der Waals surface area (Å²) in [5, 5.41) is 30.8. The molecule has 0 unspecified atom stereocenters. The Morgan fingerprint density at radius 1 is 0.831 bits per heavy atom. The fourth-order valence-electron chi connectivity index (χ4n) is 9.70. The molecular formula is C46H75N3O6S4. The number of carbonyl (C=O) groups excluding carboxylic acids is 1. The average Bonchev–Trinajstić information content (AvgIpc) is 3.97. The van der Waals surface area contributed by atoms with Crippen LogP contribution in [-0.2, 0) is 21.4 Å². The zero-order valence-electron chi connectivity index (χ0n) is 36.8. The molecular weight excluding hydrogens is 819 g/mol. The molecule has 4 atom stereocenters. The van der Waals surface area contributed by atoms with Gasteiger partial charge in [0.25, 0.3) is 0 Å². The molecule has 0 amide bonds. The second-order valence-electron chi connectivity index (χ2n) is 17.1. The van der Waals surface area contributed by atoms with Crippen molar-refractivity contribution in [3.05, 3.63) is 23.3 Å². The summed E-state index contributed by atoms with van der Waals surface area (Å²) in [4.78, 5) is 29.8. The number of aliphatic carboxylic acids is 1. The Labute approximate surface area is 374 Å². The molecule has 3 aliphatic carbocycles. The number of rotatable bonds is 20. The largest absolute Gasteiger partial charge is 0.504 e. The van der Waals surface area contributed by atoms with Gasteiger partial charge >= 0.3 is 5.97 Å². The lowest BCUT2D eigenvalue weighted by Crippen LogP contribution is -2.76. The van der Waals surface area contributed by atoms with Crippen LogP contribution in [0, 0.1) is 5.92 Å². The first-order valence-electron chi connectivity index (χ1n) is 23.1. The van der Waals surface area contributed by atoms with Crippen LogP contribution >= 0.6 is 46.0 Å². The molecule has 2 heterocycles. The molecule has 2 aliphatic heterocycles. The van der Waals surface area contributed by atoms with Gasteiger partial charge in [-0.3, -0.25) is 14.5 Å². The number of piperidine rings is 1. The molecule has 59 heavy (non-hydrogen) atoms. The van der Waals surface area contributed by atoms with Crippen LogP contribution < -0.4 is 4.74 Å². The highest BCUT2D eigenvalue weighted by Crippen LogP contribution is 2.65. The van der Waals surface area contributed by atoms with E-state index in [1.54, 1.807) is 27.7 Å². The molecule has 6 rings (SSSR count). The summed E-state index contributed by atoms with van der Waals surface area (Å²) in [6, 6.07) is 3.69. The van der Waals surface area contributed by atoms with Crippen LogP contribution in [0.1, 0.15) is 168 Å². The third-order valence-electron chi connectivity index (χ3n) is 13.3. The Hall–Kier alpha value is -1.64. The summed E-state index contributed by atoms with van der Waals surface area (Å²) in [5.41, 5.74) is 0.454. The predicted molar refractivity (Wildman–Crippen MR) is 254 cm³/mol. The normalized spacial score (nSPS) is 23.5. The summed E-state index contributed by atoms with van der Waals surface area (Å²) < 4.78 is 7.88. The number of unbranched alkanes of at least 4 members (excludes halogenated alkanes) is 12. The third-order valence-corrected chi connectivity index (χ3v) is 17.0. The van der Waals surface area contributed by atoms with Gasteiger partial charge in [0.1, 0.15) is 8.64 Å². The van der Waals surface area contributed by atoms with Crippen molar-refractivity contribution in [3.63, 3.8) is 0 Å². The van der Waals surface area contributed by atoms with Crippen LogP contribution in [0.15, 0.2) is 12.1 Å². The van der Waals surface area contributed by atoms with E-state index in [0.717, 1.165) is 90.6 Å². The Balaban J connectivity index is 0.000000204. The Morgan fingerprint density at radius 2 is 1.36 bits per heavy atom. The lowest BCUT2D eigenvalue weighted by atomic mass is 9.49. The zero-order valence-corrected chi connectivity index (χ0v) is 40.1. The Bertz CT molecular complexity index is 1500. The average molecular weight is 894 g/mol. The third kappa shape index (κ3) is 13.0. The van der Waals surface area contributed by atoms with Gasteiger partial charge in [0.15, 0.2) is 23.4 Å². The van der Waals surface area contributed by atoms with Crippen LogP contribution in [0.4, 0.5) is 0 Å². The van der Waals surface area contributed by atoms with Crippen LogP contribution in [0.5, 0.6) is 11.5 Å². The molecule has 1 saturated heterocycles. The van der Waals surface area contributed by atoms with E-state index in [1.807, 2.05) is 6.07 Å². The summed E-state index contributed by atoms with van der Waals surface area (Å²) in [7, 11) is 3.18. The number of phenols is 1. The number of likely N-dealkylation sites (tertiary alicyclic amines) is 1. The Morgan fingerprint density at radius 3 is 1.85 bits per heavy atom. The second kappa shape index (κ2) is 24.9. The minimum Gasteiger partial charge on any atom is -0.504 e. The first-order valence-corrected chi connectivity index (χ1v) is 26.0. The summed E-state index contributed by atoms with van der Waals surface area (Å²) in [6.45, 7) is 16.5. The van der Waals surface area contributed by atoms with Gasteiger partial charge in [-0.15, -0.1) is 0 Å². The van der Waals surface area contributed by atoms with Gasteiger partial charge in [-0.2, -0.15) is 0 Å². The molecule has 13 heteroatoms. The van der Waals surface area contributed by atoms with Crippen LogP contribution in [-0.4, -0.2) is 107 Å². The predicted octanol–water partition coefficient (Wildman–Crippen LogP) is 10.7. The fraction of sp³-hybridized carbons (Fsp3) is 0.783. The minimum absolute atomic E-state index is 0.0454. The van der Waals surface area contributed by atoms with E-state index in [9.17, 15) is 19.8 Å². The van der Waals surface area contributed by atoms with Crippen molar-refractivity contribution in [1.82, 2.24) is 14.7 Å². The van der Waals surface area contributed by atoms with Gasteiger partial charge in [-0.25, -0.2) is 0 Å². The highest BCUT2D eigenvalue weighted by molar-refractivity contribution is 8.89. The smallest absolute Gasteiger partial charge is 0.303 e. The number of phenolic OH excluding ortho intramolecular Hbond substituents is 1. The number of benzene rings is 1. The van der Waals surface area contributed by atoms with Crippen molar-refractivity contribution in [3.8, 4) is 11.5 Å². The number of ketones is 1. The Kier molecular flexibility index (Phi) is 21.1. The number of carboxylic acids is 1. The van der Waals surface area contributed by atoms with Gasteiger partial charge in [0, 0.05) is 57.2 Å². The van der Waals surface area contributed by atoms with Crippen molar-refractivity contribution in [2.24, 2.45) is 5.92 Å². The number of carboxylic acid groups (broad SMARTS) is 1. The van der Waals surface area contributed by atoms with E-state index >= 15 is 0 Å². The van der Waals surface area contributed by atoms with Crippen molar-refractivity contribution >= 4 is 66.4 Å². The standard InChI is InChI=1S/C20H23NO4.C16H32O2.C10H20N2S4/c22-13-4-3-12-9-15-20(24)6-5-14(23)18-19(20,16(12)17(13)25-18)7-8-21(15)10-11-1-2-11;1-2-3-4-5-6-7-8-9-10-11-12-13-14-15-16(17)18;1-5-11(6-2)9(13)15-16-10(14)12(7-3)8-4/h3-4,11,15,18,22,24H,1-2,5-10H2;2-15H2,1H3,(H,17,18);5-8H2,1-4H3/t15-,18+,19+,20-;;/m1../s1. The van der Waals surface area contributed by atoms with Crippen molar-refractivity contribution in [1.29, 1.82) is 0 Å². The monoisotopic (exact) mass is 893 g/mol. The second-order valence-corrected chi connectivity index (χ2v) is 20.5. The van der Waals surface area contributed by atoms with Gasteiger partial charge < -0.3 is 29.9 Å². The SMILES string of the molecule is CCCCCCCCCCCCCCCC(=O)O.CCN(CC)C(=S)SSC(=S)N(CC)CC.O=C1CC[C@@]2(O)[C@H]3Cc4ccc(O)c5c4[C@@]2(CCN3CC2CC2)[C@H]1O5. The topological polar surface area (TPSA) is 114 Å². The number of aliphatic hydroxyl groups is 1. The van der Waals surface area contributed by atoms with E-state index in [0.29, 0.717) is 25.0 Å². The van der Waals surface area contributed by atoms with Gasteiger partial charge in [-0.05, 0) is 112 Å². The molecule has 1 spiro atoms. The quantitative estimate of drug-likeness (QED) is 0.0656. The molecule has 2 bridgehead atoms. The zero-order chi connectivity index (χ0) is 43.0. The maximum Gasteiger partial charge on any atom is 0.303 e. The van der Waals surface area contributed by atoms with Crippen molar-refractivity contribution < 1.29 is 29.6 Å². The number of thiocarbonyl (C=S) groups is 2. The van der Waals surface area contributed by atoms with Gasteiger partial charge in [0.05, 0.1) is 11.0 Å². The molecule has 334 valence electrons. The van der Waals surface area contributed by atoms with E-state index in [-0.39, 0.29) is 17.6 Å². The molecule has 3 N–H and O–H groups in total. The van der Waals surface area contributed by atoms with E-state index in [1.165, 1.54) is 83.5 Å². The first kappa shape index (κ1) is 50.0. The lowest BCUT2D eigenvalue weighted by Gasteiger charge is -2.62. The first-order chi connectivity index (χ1) is 28.4. The molecule has 5 aliphatic rings. The molecule has 9 nitrogen and oxygen atoms in total. The molecule has 1 aromatic rings. The van der Waals surface area contributed by atoms with Crippen LogP contribution in [0.2, 0.25) is 0 Å². The maximum absolute atomic E-state index is 12.7. The van der Waals surface area contributed by atoms with E-state index in [2.05, 4.69) is 49.3 Å². The molecule has 1 aromatic carbocycles. The van der Waals surface area contributed by atoms with Gasteiger partial charge in [-0.1, -0.05) is 114 Å². The van der Waals surface area contributed by atoms with E-state index < -0.39 is 23.1 Å². The number of hydrogen-bond acceptors (Lipinski definition) is 10. The summed E-state index contributed by atoms with van der Waals surface area (Å²) >= 11 is 10.7. The van der Waals surface area contributed by atoms with Crippen LogP contribution in [0.3, 0.4) is 0 Å². The molecule has 0 radical (unpaired) electrons.